The van der Waals surface area contributed by atoms with Crippen LogP contribution in [-0.2, 0) is 14.9 Å². The topological polar surface area (TPSA) is 52.3 Å². The monoisotopic (exact) mass is 207 g/mol. The van der Waals surface area contributed by atoms with Crippen LogP contribution in [0, 0.1) is 0 Å². The van der Waals surface area contributed by atoms with Crippen molar-refractivity contribution < 1.29 is 9.53 Å². The van der Waals surface area contributed by atoms with E-state index < -0.39 is 0 Å². The fourth-order valence-electron chi connectivity index (χ4n) is 1.49. The van der Waals surface area contributed by atoms with E-state index in [0.717, 1.165) is 5.56 Å². The first-order valence-corrected chi connectivity index (χ1v) is 4.88. The molecule has 0 atom stereocenters. The third kappa shape index (κ3) is 2.98. The van der Waals surface area contributed by atoms with Gasteiger partial charge in [0.1, 0.15) is 0 Å². The van der Waals surface area contributed by atoms with E-state index in [0.29, 0.717) is 12.1 Å². The van der Waals surface area contributed by atoms with Gasteiger partial charge in [-0.1, -0.05) is 26.0 Å². The zero-order chi connectivity index (χ0) is 11.5. The first kappa shape index (κ1) is 11.6. The van der Waals surface area contributed by atoms with Gasteiger partial charge < -0.3 is 10.5 Å². The zero-order valence-corrected chi connectivity index (χ0v) is 9.41. The third-order valence-corrected chi connectivity index (χ3v) is 2.48. The van der Waals surface area contributed by atoms with Crippen LogP contribution in [0.5, 0.6) is 0 Å². The number of nitrogen functional groups attached to an aromatic ring is 1. The molecule has 0 radical (unpaired) electrons. The molecule has 0 fully saturated rings. The summed E-state index contributed by atoms with van der Waals surface area (Å²) in [5, 5.41) is 0. The molecule has 1 aromatic carbocycles. The molecular formula is C12H17NO2. The second-order valence-corrected chi connectivity index (χ2v) is 4.26. The van der Waals surface area contributed by atoms with Crippen LogP contribution in [-0.4, -0.2) is 13.1 Å². The molecule has 0 saturated heterocycles. The van der Waals surface area contributed by atoms with Crippen molar-refractivity contribution in [2.75, 3.05) is 12.8 Å². The van der Waals surface area contributed by atoms with E-state index in [9.17, 15) is 4.79 Å². The molecule has 0 amide bonds. The van der Waals surface area contributed by atoms with Gasteiger partial charge in [-0.05, 0) is 17.7 Å². The number of hydrogen-bond donors (Lipinski definition) is 1. The van der Waals surface area contributed by atoms with Gasteiger partial charge in [0.25, 0.3) is 0 Å². The van der Waals surface area contributed by atoms with E-state index >= 15 is 0 Å². The Morgan fingerprint density at radius 1 is 1.47 bits per heavy atom. The molecule has 3 nitrogen and oxygen atoms in total. The van der Waals surface area contributed by atoms with Gasteiger partial charge in [0.2, 0.25) is 0 Å². The van der Waals surface area contributed by atoms with Crippen LogP contribution in [0.15, 0.2) is 24.3 Å². The Labute approximate surface area is 90.2 Å². The summed E-state index contributed by atoms with van der Waals surface area (Å²) in [5.41, 5.74) is 7.22. The highest BCUT2D eigenvalue weighted by Gasteiger charge is 2.24. The molecule has 0 unspecified atom stereocenters. The highest BCUT2D eigenvalue weighted by molar-refractivity contribution is 5.71. The van der Waals surface area contributed by atoms with Gasteiger partial charge in [-0.3, -0.25) is 4.79 Å². The first-order valence-electron chi connectivity index (χ1n) is 4.88. The fraction of sp³-hybridized carbons (Fsp3) is 0.417. The van der Waals surface area contributed by atoms with Crippen molar-refractivity contribution in [1.29, 1.82) is 0 Å². The molecule has 0 saturated carbocycles. The summed E-state index contributed by atoms with van der Waals surface area (Å²) in [4.78, 5) is 11.2. The Morgan fingerprint density at radius 3 is 2.67 bits per heavy atom. The number of carbonyl (C=O) groups excluding carboxylic acids is 1. The molecule has 0 aliphatic carbocycles. The number of methoxy groups -OCH3 is 1. The van der Waals surface area contributed by atoms with Crippen molar-refractivity contribution in [3.8, 4) is 0 Å². The molecule has 0 aliphatic heterocycles. The Balaban J connectivity index is 2.90. The van der Waals surface area contributed by atoms with Crippen LogP contribution in [0.1, 0.15) is 25.8 Å². The van der Waals surface area contributed by atoms with Crippen LogP contribution >= 0.6 is 0 Å². The van der Waals surface area contributed by atoms with Crippen LogP contribution < -0.4 is 5.73 Å². The van der Waals surface area contributed by atoms with Gasteiger partial charge in [0.15, 0.2) is 0 Å². The number of anilines is 1. The van der Waals surface area contributed by atoms with Crippen molar-refractivity contribution in [3.63, 3.8) is 0 Å². The Hall–Kier alpha value is -1.51. The van der Waals surface area contributed by atoms with E-state index in [4.69, 9.17) is 5.73 Å². The molecule has 82 valence electrons. The molecule has 0 aromatic heterocycles. The smallest absolute Gasteiger partial charge is 0.306 e. The maximum atomic E-state index is 11.2. The van der Waals surface area contributed by atoms with Crippen LogP contribution in [0.25, 0.3) is 0 Å². The maximum absolute atomic E-state index is 11.2. The Kier molecular flexibility index (Phi) is 3.35. The maximum Gasteiger partial charge on any atom is 0.306 e. The molecule has 1 rings (SSSR count). The molecule has 0 aliphatic rings. The number of nitrogens with two attached hydrogens (primary N) is 1. The van der Waals surface area contributed by atoms with Crippen LogP contribution in [0.3, 0.4) is 0 Å². The molecule has 15 heavy (non-hydrogen) atoms. The number of benzene rings is 1. The van der Waals surface area contributed by atoms with E-state index in [2.05, 4.69) is 4.74 Å². The first-order chi connectivity index (χ1) is 6.95. The number of carbonyl (C=O) groups is 1. The largest absolute Gasteiger partial charge is 0.469 e. The normalized spacial score (nSPS) is 11.1. The summed E-state index contributed by atoms with van der Waals surface area (Å²) in [6, 6.07) is 7.59. The number of ether oxygens (including phenoxy) is 1. The summed E-state index contributed by atoms with van der Waals surface area (Å²) < 4.78 is 4.67. The van der Waals surface area contributed by atoms with Crippen molar-refractivity contribution in [1.82, 2.24) is 0 Å². The quantitative estimate of drug-likeness (QED) is 0.610. The van der Waals surface area contributed by atoms with Gasteiger partial charge in [0, 0.05) is 11.1 Å². The van der Waals surface area contributed by atoms with Gasteiger partial charge >= 0.3 is 5.97 Å². The molecule has 0 spiro atoms. The molecule has 3 heteroatoms. The molecule has 1 aromatic rings. The third-order valence-electron chi connectivity index (χ3n) is 2.48. The van der Waals surface area contributed by atoms with Crippen molar-refractivity contribution in [2.24, 2.45) is 0 Å². The highest BCUT2D eigenvalue weighted by atomic mass is 16.5. The number of rotatable bonds is 3. The SMILES string of the molecule is COC(=O)CC(C)(C)c1cccc(N)c1. The van der Waals surface area contributed by atoms with Crippen molar-refractivity contribution in [3.05, 3.63) is 29.8 Å². The Morgan fingerprint density at radius 2 is 2.13 bits per heavy atom. The van der Waals surface area contributed by atoms with E-state index in [1.54, 1.807) is 0 Å². The molecule has 0 bridgehead atoms. The van der Waals surface area contributed by atoms with Gasteiger partial charge in [-0.15, -0.1) is 0 Å². The lowest BCUT2D eigenvalue weighted by atomic mass is 9.81. The van der Waals surface area contributed by atoms with E-state index in [1.807, 2.05) is 38.1 Å². The summed E-state index contributed by atoms with van der Waals surface area (Å²) in [6.45, 7) is 4.00. The minimum Gasteiger partial charge on any atom is -0.469 e. The lowest BCUT2D eigenvalue weighted by Gasteiger charge is -2.24. The van der Waals surface area contributed by atoms with Gasteiger partial charge in [-0.25, -0.2) is 0 Å². The predicted octanol–water partition coefficient (Wildman–Crippen LogP) is 2.11. The van der Waals surface area contributed by atoms with Gasteiger partial charge in [-0.2, -0.15) is 0 Å². The molecule has 0 heterocycles. The lowest BCUT2D eigenvalue weighted by molar-refractivity contribution is -0.141. The molecule has 2 N–H and O–H groups in total. The number of esters is 1. The second-order valence-electron chi connectivity index (χ2n) is 4.26. The van der Waals surface area contributed by atoms with Crippen LogP contribution in [0.2, 0.25) is 0 Å². The highest BCUT2D eigenvalue weighted by Crippen LogP contribution is 2.28. The lowest BCUT2D eigenvalue weighted by Crippen LogP contribution is -2.22. The number of hydrogen-bond acceptors (Lipinski definition) is 3. The minimum absolute atomic E-state index is 0.206. The average molecular weight is 207 g/mol. The minimum atomic E-state index is -0.248. The zero-order valence-electron chi connectivity index (χ0n) is 9.41. The summed E-state index contributed by atoms with van der Waals surface area (Å²) in [7, 11) is 1.40. The Bertz CT molecular complexity index is 358. The molecular weight excluding hydrogens is 190 g/mol. The van der Waals surface area contributed by atoms with Crippen molar-refractivity contribution >= 4 is 11.7 Å². The average Bonchev–Trinajstić information content (AvgIpc) is 2.17. The van der Waals surface area contributed by atoms with Crippen LogP contribution in [0.4, 0.5) is 5.69 Å². The standard InChI is InChI=1S/C12H17NO2/c1-12(2,8-11(14)15-3)9-5-4-6-10(13)7-9/h4-7H,8,13H2,1-3H3. The second kappa shape index (κ2) is 4.34. The predicted molar refractivity (Wildman–Crippen MR) is 60.5 cm³/mol. The summed E-state index contributed by atoms with van der Waals surface area (Å²) in [6.07, 6.45) is 0.354. The summed E-state index contributed by atoms with van der Waals surface area (Å²) >= 11 is 0. The summed E-state index contributed by atoms with van der Waals surface area (Å²) in [5.74, 6) is -0.206. The van der Waals surface area contributed by atoms with E-state index in [1.165, 1.54) is 7.11 Å². The van der Waals surface area contributed by atoms with E-state index in [-0.39, 0.29) is 11.4 Å². The van der Waals surface area contributed by atoms with Gasteiger partial charge in [0.05, 0.1) is 13.5 Å². The fourth-order valence-corrected chi connectivity index (χ4v) is 1.49. The van der Waals surface area contributed by atoms with Crippen molar-refractivity contribution in [2.45, 2.75) is 25.7 Å².